The monoisotopic (exact) mass is 313 g/mol. The molecule has 1 aromatic carbocycles. The molecule has 1 aromatic rings. The highest BCUT2D eigenvalue weighted by Gasteiger charge is 2.20. The summed E-state index contributed by atoms with van der Waals surface area (Å²) in [6, 6.07) is 4.27. The van der Waals surface area contributed by atoms with Crippen LogP contribution in [0.2, 0.25) is 0 Å². The van der Waals surface area contributed by atoms with Crippen molar-refractivity contribution in [1.82, 2.24) is 4.72 Å². The Labute approximate surface area is 124 Å². The van der Waals surface area contributed by atoms with Gasteiger partial charge in [0.15, 0.2) is 0 Å². The van der Waals surface area contributed by atoms with Gasteiger partial charge in [0.25, 0.3) is 0 Å². The van der Waals surface area contributed by atoms with E-state index in [-0.39, 0.29) is 23.4 Å². The zero-order valence-corrected chi connectivity index (χ0v) is 12.8. The summed E-state index contributed by atoms with van der Waals surface area (Å²) < 4.78 is 31.9. The van der Waals surface area contributed by atoms with Crippen molar-refractivity contribution in [3.05, 3.63) is 35.9 Å². The first kappa shape index (κ1) is 17.2. The number of benzene rings is 1. The summed E-state index contributed by atoms with van der Waals surface area (Å²) in [5.41, 5.74) is 0.195. The Hall–Kier alpha value is -1.86. The molecule has 0 amide bonds. The Morgan fingerprint density at radius 2 is 2.14 bits per heavy atom. The minimum absolute atomic E-state index is 0.0359. The second kappa shape index (κ2) is 7.80. The van der Waals surface area contributed by atoms with Gasteiger partial charge < -0.3 is 9.84 Å². The molecule has 2 N–H and O–H groups in total. The third-order valence-corrected chi connectivity index (χ3v) is 4.30. The number of allylic oxidation sites excluding steroid dienone is 1. The van der Waals surface area contributed by atoms with E-state index in [0.29, 0.717) is 12.2 Å². The number of sulfonamides is 1. The van der Waals surface area contributed by atoms with Gasteiger partial charge >= 0.3 is 5.97 Å². The second-order valence-electron chi connectivity index (χ2n) is 4.30. The summed E-state index contributed by atoms with van der Waals surface area (Å²) in [6.45, 7) is 2.11. The lowest BCUT2D eigenvalue weighted by atomic mass is 10.1. The van der Waals surface area contributed by atoms with E-state index in [2.05, 4.69) is 4.72 Å². The normalized spacial score (nSPS) is 11.7. The van der Waals surface area contributed by atoms with E-state index in [0.717, 1.165) is 0 Å². The zero-order valence-electron chi connectivity index (χ0n) is 12.0. The van der Waals surface area contributed by atoms with E-state index >= 15 is 0 Å². The summed E-state index contributed by atoms with van der Waals surface area (Å²) in [6.07, 6.45) is 3.86. The topological polar surface area (TPSA) is 92.7 Å². The molecule has 0 aromatic heterocycles. The molecule has 116 valence electrons. The number of carbonyl (C=O) groups is 1. The summed E-state index contributed by atoms with van der Waals surface area (Å²) in [7, 11) is -2.31. The van der Waals surface area contributed by atoms with Crippen molar-refractivity contribution >= 4 is 16.0 Å². The summed E-state index contributed by atoms with van der Waals surface area (Å²) >= 11 is 0. The van der Waals surface area contributed by atoms with Crippen molar-refractivity contribution < 1.29 is 23.1 Å². The summed E-state index contributed by atoms with van der Waals surface area (Å²) in [5.74, 6) is -0.687. The maximum Gasteiger partial charge on any atom is 0.307 e. The molecule has 0 atom stereocenters. The molecule has 7 heteroatoms. The third-order valence-electron chi connectivity index (χ3n) is 2.74. The molecule has 0 saturated carbocycles. The maximum atomic E-state index is 12.2. The summed E-state index contributed by atoms with van der Waals surface area (Å²) in [4.78, 5) is 10.8. The lowest BCUT2D eigenvalue weighted by Gasteiger charge is -2.11. The molecule has 6 nitrogen and oxygen atoms in total. The Bertz CT molecular complexity index is 622. The molecule has 0 aliphatic rings. The first-order valence-corrected chi connectivity index (χ1v) is 7.88. The SMILES string of the molecule is C/C=C/CCNS(=O)(=O)c1ccc(OC)cc1CC(=O)O. The lowest BCUT2D eigenvalue weighted by molar-refractivity contribution is -0.136. The first-order chi connectivity index (χ1) is 9.90. The highest BCUT2D eigenvalue weighted by atomic mass is 32.2. The molecule has 0 aliphatic carbocycles. The Morgan fingerprint density at radius 1 is 1.43 bits per heavy atom. The van der Waals surface area contributed by atoms with Crippen LogP contribution in [0.4, 0.5) is 0 Å². The number of hydrogen-bond acceptors (Lipinski definition) is 4. The van der Waals surface area contributed by atoms with Crippen LogP contribution in [-0.4, -0.2) is 33.1 Å². The Kier molecular flexibility index (Phi) is 6.39. The van der Waals surface area contributed by atoms with Crippen molar-refractivity contribution in [1.29, 1.82) is 0 Å². The minimum atomic E-state index is -3.74. The highest BCUT2D eigenvalue weighted by molar-refractivity contribution is 7.89. The van der Waals surface area contributed by atoms with Gasteiger partial charge in [0.05, 0.1) is 18.4 Å². The number of aliphatic carboxylic acids is 1. The van der Waals surface area contributed by atoms with Crippen molar-refractivity contribution in [3.8, 4) is 5.75 Å². The molecule has 0 saturated heterocycles. The number of hydrogen-bond donors (Lipinski definition) is 2. The number of nitrogens with one attached hydrogen (secondary N) is 1. The van der Waals surface area contributed by atoms with E-state index in [1.807, 2.05) is 19.1 Å². The molecular formula is C14H19NO5S. The van der Waals surface area contributed by atoms with Crippen molar-refractivity contribution in [2.45, 2.75) is 24.7 Å². The standard InChI is InChI=1S/C14H19NO5S/c1-3-4-5-8-15-21(18,19)13-7-6-12(20-2)9-11(13)10-14(16)17/h3-4,6-7,9,15H,5,8,10H2,1-2H3,(H,16,17)/b4-3+. The van der Waals surface area contributed by atoms with Crippen molar-refractivity contribution in [2.75, 3.05) is 13.7 Å². The number of ether oxygens (including phenoxy) is 1. The number of methoxy groups -OCH3 is 1. The number of carboxylic acid groups (broad SMARTS) is 1. The van der Waals surface area contributed by atoms with E-state index in [9.17, 15) is 13.2 Å². The van der Waals surface area contributed by atoms with E-state index in [4.69, 9.17) is 9.84 Å². The van der Waals surface area contributed by atoms with Gasteiger partial charge in [-0.3, -0.25) is 4.79 Å². The van der Waals surface area contributed by atoms with Crippen LogP contribution in [0.25, 0.3) is 0 Å². The average Bonchev–Trinajstić information content (AvgIpc) is 2.42. The van der Waals surface area contributed by atoms with Crippen LogP contribution in [0.3, 0.4) is 0 Å². The third kappa shape index (κ3) is 5.20. The van der Waals surface area contributed by atoms with E-state index in [1.54, 1.807) is 0 Å². The Morgan fingerprint density at radius 3 is 2.71 bits per heavy atom. The molecule has 1 rings (SSSR count). The van der Waals surface area contributed by atoms with Gasteiger partial charge in [0.1, 0.15) is 5.75 Å². The van der Waals surface area contributed by atoms with Gasteiger partial charge in [-0.1, -0.05) is 12.2 Å². The molecule has 0 aliphatic heterocycles. The van der Waals surface area contributed by atoms with Gasteiger partial charge in [0, 0.05) is 6.54 Å². The van der Waals surface area contributed by atoms with Crippen LogP contribution in [0.15, 0.2) is 35.2 Å². The molecule has 0 unspecified atom stereocenters. The van der Waals surface area contributed by atoms with Crippen LogP contribution in [0.5, 0.6) is 5.75 Å². The van der Waals surface area contributed by atoms with Crippen LogP contribution in [-0.2, 0) is 21.2 Å². The van der Waals surface area contributed by atoms with Crippen molar-refractivity contribution in [2.24, 2.45) is 0 Å². The second-order valence-corrected chi connectivity index (χ2v) is 6.04. The first-order valence-electron chi connectivity index (χ1n) is 6.40. The molecule has 0 bridgehead atoms. The molecule has 21 heavy (non-hydrogen) atoms. The van der Waals surface area contributed by atoms with Crippen LogP contribution >= 0.6 is 0 Å². The Balaban J connectivity index is 3.06. The molecule has 0 radical (unpaired) electrons. The van der Waals surface area contributed by atoms with Gasteiger partial charge in [-0.15, -0.1) is 0 Å². The van der Waals surface area contributed by atoms with Crippen LogP contribution in [0, 0.1) is 0 Å². The smallest absolute Gasteiger partial charge is 0.307 e. The fourth-order valence-electron chi connectivity index (χ4n) is 1.77. The van der Waals surface area contributed by atoms with Gasteiger partial charge in [-0.05, 0) is 37.1 Å². The van der Waals surface area contributed by atoms with Crippen molar-refractivity contribution in [3.63, 3.8) is 0 Å². The summed E-state index contributed by atoms with van der Waals surface area (Å²) in [5, 5.41) is 8.90. The number of carboxylic acids is 1. The van der Waals surface area contributed by atoms with Gasteiger partial charge in [-0.25, -0.2) is 13.1 Å². The maximum absolute atomic E-state index is 12.2. The molecule has 0 fully saturated rings. The predicted molar refractivity (Wildman–Crippen MR) is 79.0 cm³/mol. The lowest BCUT2D eigenvalue weighted by Crippen LogP contribution is -2.26. The fraction of sp³-hybridized carbons (Fsp3) is 0.357. The molecule has 0 spiro atoms. The quantitative estimate of drug-likeness (QED) is 0.561. The molecule has 0 heterocycles. The van der Waals surface area contributed by atoms with Crippen LogP contribution < -0.4 is 9.46 Å². The largest absolute Gasteiger partial charge is 0.497 e. The molecular weight excluding hydrogens is 294 g/mol. The fourth-order valence-corrected chi connectivity index (χ4v) is 3.03. The average molecular weight is 313 g/mol. The predicted octanol–water partition coefficient (Wildman–Crippen LogP) is 1.57. The van der Waals surface area contributed by atoms with E-state index < -0.39 is 16.0 Å². The van der Waals surface area contributed by atoms with E-state index in [1.165, 1.54) is 25.3 Å². The minimum Gasteiger partial charge on any atom is -0.497 e. The zero-order chi connectivity index (χ0) is 15.9. The van der Waals surface area contributed by atoms with Gasteiger partial charge in [0.2, 0.25) is 10.0 Å². The highest BCUT2D eigenvalue weighted by Crippen LogP contribution is 2.22. The van der Waals surface area contributed by atoms with Gasteiger partial charge in [-0.2, -0.15) is 0 Å². The van der Waals surface area contributed by atoms with Crippen LogP contribution in [0.1, 0.15) is 18.9 Å². The number of rotatable bonds is 8.